The van der Waals surface area contributed by atoms with E-state index in [-0.39, 0.29) is 18.3 Å². The number of ether oxygens (including phenoxy) is 3. The Morgan fingerprint density at radius 1 is 1.29 bits per heavy atom. The SMILES string of the molecule is C=NN/C(C)=N\CN=NC1=C(OC)OC(CC)(CC)OC1=O.CC. The maximum atomic E-state index is 12.1. The minimum absolute atomic E-state index is 0.00437. The lowest BCUT2D eigenvalue weighted by Crippen LogP contribution is -2.41. The number of nitrogens with zero attached hydrogens (tertiary/aromatic N) is 4. The molecule has 0 aromatic rings. The molecule has 0 aliphatic carbocycles. The van der Waals surface area contributed by atoms with Crippen molar-refractivity contribution in [3.63, 3.8) is 0 Å². The summed E-state index contributed by atoms with van der Waals surface area (Å²) in [7, 11) is 1.39. The van der Waals surface area contributed by atoms with Crippen LogP contribution in [0, 0.1) is 0 Å². The van der Waals surface area contributed by atoms with Crippen LogP contribution in [0.2, 0.25) is 0 Å². The van der Waals surface area contributed by atoms with Crippen molar-refractivity contribution >= 4 is 18.5 Å². The van der Waals surface area contributed by atoms with Gasteiger partial charge < -0.3 is 14.2 Å². The highest BCUT2D eigenvalue weighted by Crippen LogP contribution is 2.33. The van der Waals surface area contributed by atoms with Gasteiger partial charge in [-0.15, -0.1) is 5.11 Å². The highest BCUT2D eigenvalue weighted by molar-refractivity contribution is 5.89. The van der Waals surface area contributed by atoms with Gasteiger partial charge in [0.2, 0.25) is 0 Å². The fraction of sp³-hybridized carbons (Fsp3) is 0.667. The molecule has 24 heavy (non-hydrogen) atoms. The average molecular weight is 341 g/mol. The van der Waals surface area contributed by atoms with Gasteiger partial charge in [-0.2, -0.15) is 10.2 Å². The fourth-order valence-corrected chi connectivity index (χ4v) is 1.69. The predicted molar refractivity (Wildman–Crippen MR) is 91.4 cm³/mol. The first kappa shape index (κ1) is 21.6. The second-order valence-electron chi connectivity index (χ2n) is 4.35. The number of carbonyl (C=O) groups excluding carboxylic acids is 1. The number of aliphatic imine (C=N–C) groups is 1. The highest BCUT2D eigenvalue weighted by atomic mass is 16.8. The highest BCUT2D eigenvalue weighted by Gasteiger charge is 2.42. The van der Waals surface area contributed by atoms with Gasteiger partial charge in [-0.05, 0) is 6.92 Å². The molecule has 1 aliphatic rings. The van der Waals surface area contributed by atoms with Gasteiger partial charge in [-0.1, -0.05) is 27.7 Å². The van der Waals surface area contributed by atoms with Crippen molar-refractivity contribution in [1.82, 2.24) is 5.43 Å². The Balaban J connectivity index is 0.00000254. The molecule has 9 heteroatoms. The molecule has 0 spiro atoms. The summed E-state index contributed by atoms with van der Waals surface area (Å²) in [5.74, 6) is -1.14. The van der Waals surface area contributed by atoms with Crippen LogP contribution in [0.5, 0.6) is 0 Å². The average Bonchev–Trinajstić information content (AvgIpc) is 2.61. The van der Waals surface area contributed by atoms with Gasteiger partial charge in [0.05, 0.1) is 7.11 Å². The second kappa shape index (κ2) is 11.1. The van der Waals surface area contributed by atoms with E-state index in [2.05, 4.69) is 32.5 Å². The molecular formula is C15H27N5O4. The molecule has 0 saturated carbocycles. The zero-order chi connectivity index (χ0) is 18.6. The second-order valence-corrected chi connectivity index (χ2v) is 4.35. The van der Waals surface area contributed by atoms with Crippen molar-refractivity contribution in [2.75, 3.05) is 13.8 Å². The van der Waals surface area contributed by atoms with E-state index in [1.54, 1.807) is 6.92 Å². The summed E-state index contributed by atoms with van der Waals surface area (Å²) in [6.45, 7) is 12.7. The lowest BCUT2D eigenvalue weighted by atomic mass is 10.1. The predicted octanol–water partition coefficient (Wildman–Crippen LogP) is 2.95. The number of azo groups is 1. The minimum Gasteiger partial charge on any atom is -0.467 e. The number of carbonyl (C=O) groups is 1. The third kappa shape index (κ3) is 5.98. The summed E-state index contributed by atoms with van der Waals surface area (Å²) in [5.41, 5.74) is 2.43. The number of rotatable bonds is 7. The monoisotopic (exact) mass is 341 g/mol. The van der Waals surface area contributed by atoms with E-state index >= 15 is 0 Å². The van der Waals surface area contributed by atoms with E-state index in [1.807, 2.05) is 27.7 Å². The molecular weight excluding hydrogens is 314 g/mol. The van der Waals surface area contributed by atoms with Crippen molar-refractivity contribution in [3.05, 3.63) is 11.6 Å². The molecule has 0 bridgehead atoms. The van der Waals surface area contributed by atoms with Crippen LogP contribution in [-0.2, 0) is 19.0 Å². The molecule has 136 valence electrons. The Bertz CT molecular complexity index is 510. The van der Waals surface area contributed by atoms with Crippen LogP contribution in [0.3, 0.4) is 0 Å². The molecule has 0 atom stereocenters. The number of nitrogens with one attached hydrogen (secondary N) is 1. The van der Waals surface area contributed by atoms with Crippen molar-refractivity contribution in [1.29, 1.82) is 0 Å². The first-order valence-electron chi connectivity index (χ1n) is 7.82. The van der Waals surface area contributed by atoms with Gasteiger partial charge in [-0.3, -0.25) is 5.43 Å². The first-order chi connectivity index (χ1) is 11.5. The molecule has 0 saturated heterocycles. The van der Waals surface area contributed by atoms with Crippen molar-refractivity contribution in [3.8, 4) is 0 Å². The van der Waals surface area contributed by atoms with Crippen LogP contribution < -0.4 is 5.43 Å². The third-order valence-corrected chi connectivity index (χ3v) is 2.99. The Morgan fingerprint density at radius 3 is 2.42 bits per heavy atom. The zero-order valence-electron chi connectivity index (χ0n) is 15.3. The molecule has 0 aromatic heterocycles. The Hall–Kier alpha value is -2.45. The third-order valence-electron chi connectivity index (χ3n) is 2.99. The minimum atomic E-state index is -1.02. The number of amidine groups is 1. The molecule has 0 radical (unpaired) electrons. The van der Waals surface area contributed by atoms with Crippen molar-refractivity contribution < 1.29 is 19.0 Å². The Labute approximate surface area is 142 Å². The molecule has 1 heterocycles. The number of hydrazone groups is 1. The van der Waals surface area contributed by atoms with Gasteiger partial charge in [0, 0.05) is 19.6 Å². The summed E-state index contributed by atoms with van der Waals surface area (Å²) in [6.07, 6.45) is 0.993. The summed E-state index contributed by atoms with van der Waals surface area (Å²) in [4.78, 5) is 16.1. The maximum absolute atomic E-state index is 12.1. The molecule has 0 unspecified atom stereocenters. The summed E-state index contributed by atoms with van der Waals surface area (Å²) >= 11 is 0. The van der Waals surface area contributed by atoms with E-state index in [0.29, 0.717) is 18.7 Å². The van der Waals surface area contributed by atoms with Crippen LogP contribution in [0.4, 0.5) is 0 Å². The van der Waals surface area contributed by atoms with Crippen molar-refractivity contribution in [2.24, 2.45) is 20.3 Å². The first-order valence-corrected chi connectivity index (χ1v) is 7.82. The number of esters is 1. The van der Waals surface area contributed by atoms with Gasteiger partial charge >= 0.3 is 11.9 Å². The van der Waals surface area contributed by atoms with Gasteiger partial charge in [0.1, 0.15) is 5.84 Å². The molecule has 0 aromatic carbocycles. The zero-order valence-corrected chi connectivity index (χ0v) is 15.3. The Kier molecular flexibility index (Phi) is 10.0. The van der Waals surface area contributed by atoms with E-state index < -0.39 is 11.8 Å². The van der Waals surface area contributed by atoms with Gasteiger partial charge in [0.15, 0.2) is 6.67 Å². The molecule has 9 nitrogen and oxygen atoms in total. The fourth-order valence-electron chi connectivity index (χ4n) is 1.69. The van der Waals surface area contributed by atoms with Crippen LogP contribution in [0.15, 0.2) is 32.0 Å². The summed E-state index contributed by atoms with van der Waals surface area (Å²) < 4.78 is 16.0. The Morgan fingerprint density at radius 2 is 1.92 bits per heavy atom. The number of hydrogen-bond donors (Lipinski definition) is 1. The van der Waals surface area contributed by atoms with Gasteiger partial charge in [-0.25, -0.2) is 9.79 Å². The smallest absolute Gasteiger partial charge is 0.369 e. The number of methoxy groups -OCH3 is 1. The van der Waals surface area contributed by atoms with Crippen LogP contribution >= 0.6 is 0 Å². The molecule has 1 N–H and O–H groups in total. The van der Waals surface area contributed by atoms with E-state index in [4.69, 9.17) is 14.2 Å². The summed E-state index contributed by atoms with van der Waals surface area (Å²) in [6, 6.07) is 0. The lowest BCUT2D eigenvalue weighted by Gasteiger charge is -2.35. The quantitative estimate of drug-likeness (QED) is 0.252. The molecule has 0 amide bonds. The lowest BCUT2D eigenvalue weighted by molar-refractivity contribution is -0.243. The van der Waals surface area contributed by atoms with Gasteiger partial charge in [0.25, 0.3) is 11.5 Å². The number of cyclic esters (lactones) is 1. The van der Waals surface area contributed by atoms with Crippen LogP contribution in [0.1, 0.15) is 47.5 Å². The van der Waals surface area contributed by atoms with E-state index in [0.717, 1.165) is 0 Å². The van der Waals surface area contributed by atoms with Crippen LogP contribution in [-0.4, -0.2) is 38.1 Å². The van der Waals surface area contributed by atoms with Crippen molar-refractivity contribution in [2.45, 2.75) is 53.2 Å². The summed E-state index contributed by atoms with van der Waals surface area (Å²) in [5, 5.41) is 11.0. The van der Waals surface area contributed by atoms with E-state index in [1.165, 1.54) is 7.11 Å². The standard InChI is InChI=1S/C13H21N5O4.C2H6/c1-6-13(7-2)21-11(19)10(12(20-5)22-13)18-16-8-15-9(3)17-14-4;1-2/h4,6-8H2,1-3,5H3,(H,15,17);1-2H3. The molecule has 0 fully saturated rings. The van der Waals surface area contributed by atoms with Crippen LogP contribution in [0.25, 0.3) is 0 Å². The maximum Gasteiger partial charge on any atom is 0.369 e. The molecule has 1 aliphatic heterocycles. The topological polar surface area (TPSA) is 106 Å². The molecule has 1 rings (SSSR count). The normalized spacial score (nSPS) is 16.8. The number of hydrogen-bond acceptors (Lipinski definition) is 8. The largest absolute Gasteiger partial charge is 0.467 e. The van der Waals surface area contributed by atoms with E-state index in [9.17, 15) is 4.79 Å².